The fraction of sp³-hybridized carbons (Fsp3) is 0.158. The highest BCUT2D eigenvalue weighted by Crippen LogP contribution is 2.21. The summed E-state index contributed by atoms with van der Waals surface area (Å²) in [5.41, 5.74) is 3.04. The van der Waals surface area contributed by atoms with Crippen LogP contribution in [-0.2, 0) is 9.53 Å². The van der Waals surface area contributed by atoms with Crippen molar-refractivity contribution in [3.63, 3.8) is 0 Å². The number of carbonyl (C=O) groups excluding carboxylic acids is 2. The number of carbonyl (C=O) groups is 2. The fourth-order valence-corrected chi connectivity index (χ4v) is 2.17. The second-order valence-corrected chi connectivity index (χ2v) is 5.05. The summed E-state index contributed by atoms with van der Waals surface area (Å²) < 4.78 is 10.1. The first-order valence-electron chi connectivity index (χ1n) is 7.16. The van der Waals surface area contributed by atoms with Gasteiger partial charge in [-0.3, -0.25) is 4.79 Å². The molecule has 0 fully saturated rings. The van der Waals surface area contributed by atoms with Gasteiger partial charge in [-0.2, -0.15) is 0 Å². The number of esters is 1. The van der Waals surface area contributed by atoms with Crippen molar-refractivity contribution in [3.8, 4) is 5.75 Å². The summed E-state index contributed by atoms with van der Waals surface area (Å²) in [6, 6.07) is 12.6. The summed E-state index contributed by atoms with van der Waals surface area (Å²) >= 11 is 0. The van der Waals surface area contributed by atoms with E-state index in [9.17, 15) is 9.59 Å². The minimum absolute atomic E-state index is 0.0229. The lowest BCUT2D eigenvalue weighted by molar-refractivity contribution is -0.144. The van der Waals surface area contributed by atoms with Crippen LogP contribution in [0.15, 0.2) is 55.1 Å². The van der Waals surface area contributed by atoms with Crippen LogP contribution in [0.5, 0.6) is 5.75 Å². The summed E-state index contributed by atoms with van der Waals surface area (Å²) in [4.78, 5) is 23.6. The maximum Gasteiger partial charge on any atom is 0.333 e. The number of ketones is 1. The van der Waals surface area contributed by atoms with Crippen LogP contribution < -0.4 is 4.74 Å². The molecule has 0 unspecified atom stereocenters. The van der Waals surface area contributed by atoms with E-state index in [4.69, 9.17) is 9.47 Å². The summed E-state index contributed by atoms with van der Waals surface area (Å²) in [6.45, 7) is 6.85. The molecule has 0 radical (unpaired) electrons. The molecule has 4 nitrogen and oxygen atoms in total. The smallest absolute Gasteiger partial charge is 0.333 e. The molecule has 23 heavy (non-hydrogen) atoms. The Kier molecular flexibility index (Phi) is 5.31. The molecule has 0 saturated carbocycles. The molecule has 118 valence electrons. The van der Waals surface area contributed by atoms with E-state index in [-0.39, 0.29) is 12.6 Å². The molecule has 0 aliphatic carbocycles. The van der Waals surface area contributed by atoms with Crippen LogP contribution in [0.4, 0.5) is 0 Å². The number of aryl methyl sites for hydroxylation is 2. The largest absolute Gasteiger partial charge is 0.457 e. The van der Waals surface area contributed by atoms with Crippen LogP contribution in [0.2, 0.25) is 0 Å². The quantitative estimate of drug-likeness (QED) is 0.354. The van der Waals surface area contributed by atoms with Gasteiger partial charge in [0.1, 0.15) is 5.75 Å². The Morgan fingerprint density at radius 2 is 1.74 bits per heavy atom. The highest BCUT2D eigenvalue weighted by atomic mass is 16.7. The SMILES string of the molecule is C=CC(=O)OCOc1ccc(C(=O)c2ccccc2C)c(C)c1. The molecule has 0 amide bonds. The van der Waals surface area contributed by atoms with Gasteiger partial charge < -0.3 is 9.47 Å². The lowest BCUT2D eigenvalue weighted by Crippen LogP contribution is -2.09. The highest BCUT2D eigenvalue weighted by Gasteiger charge is 2.14. The third-order valence-corrected chi connectivity index (χ3v) is 3.43. The second kappa shape index (κ2) is 7.40. The molecule has 0 aliphatic heterocycles. The van der Waals surface area contributed by atoms with Crippen molar-refractivity contribution in [1.29, 1.82) is 0 Å². The van der Waals surface area contributed by atoms with Crippen molar-refractivity contribution in [2.75, 3.05) is 6.79 Å². The Hall–Kier alpha value is -2.88. The van der Waals surface area contributed by atoms with E-state index in [1.54, 1.807) is 18.2 Å². The Morgan fingerprint density at radius 3 is 2.39 bits per heavy atom. The molecule has 0 aliphatic rings. The molecule has 0 saturated heterocycles. The van der Waals surface area contributed by atoms with E-state index < -0.39 is 5.97 Å². The molecule has 0 spiro atoms. The monoisotopic (exact) mass is 310 g/mol. The van der Waals surface area contributed by atoms with Crippen LogP contribution in [-0.4, -0.2) is 18.5 Å². The van der Waals surface area contributed by atoms with E-state index in [2.05, 4.69) is 6.58 Å². The Bertz CT molecular complexity index is 747. The van der Waals surface area contributed by atoms with Gasteiger partial charge in [0.25, 0.3) is 0 Å². The third kappa shape index (κ3) is 4.07. The van der Waals surface area contributed by atoms with Crippen molar-refractivity contribution in [2.45, 2.75) is 13.8 Å². The number of hydrogen-bond donors (Lipinski definition) is 0. The standard InChI is InChI=1S/C19H18O4/c1-4-18(20)23-12-22-15-9-10-17(14(3)11-15)19(21)16-8-6-5-7-13(16)2/h4-11H,1,12H2,2-3H3. The molecule has 2 rings (SSSR count). The van der Waals surface area contributed by atoms with E-state index in [1.165, 1.54) is 0 Å². The Morgan fingerprint density at radius 1 is 1.04 bits per heavy atom. The van der Waals surface area contributed by atoms with Crippen LogP contribution in [0.1, 0.15) is 27.0 Å². The molecular weight excluding hydrogens is 292 g/mol. The predicted octanol–water partition coefficient (Wildman–Crippen LogP) is 3.60. The normalized spacial score (nSPS) is 10.0. The van der Waals surface area contributed by atoms with Gasteiger partial charge in [-0.15, -0.1) is 0 Å². The summed E-state index contributed by atoms with van der Waals surface area (Å²) in [7, 11) is 0. The fourth-order valence-electron chi connectivity index (χ4n) is 2.17. The van der Waals surface area contributed by atoms with Crippen molar-refractivity contribution in [1.82, 2.24) is 0 Å². The molecule has 0 atom stereocenters. The van der Waals surface area contributed by atoms with Crippen molar-refractivity contribution in [2.24, 2.45) is 0 Å². The van der Waals surface area contributed by atoms with Gasteiger partial charge in [0.15, 0.2) is 5.78 Å². The maximum absolute atomic E-state index is 12.6. The van der Waals surface area contributed by atoms with Crippen LogP contribution in [0.25, 0.3) is 0 Å². The first kappa shape index (κ1) is 16.5. The van der Waals surface area contributed by atoms with Gasteiger partial charge >= 0.3 is 5.97 Å². The minimum atomic E-state index is -0.548. The second-order valence-electron chi connectivity index (χ2n) is 5.05. The maximum atomic E-state index is 12.6. The lowest BCUT2D eigenvalue weighted by atomic mass is 9.96. The summed E-state index contributed by atoms with van der Waals surface area (Å²) in [6.07, 6.45) is 1.07. The Balaban J connectivity index is 2.13. The molecule has 0 N–H and O–H groups in total. The van der Waals surface area contributed by atoms with Gasteiger partial charge in [-0.05, 0) is 43.2 Å². The van der Waals surface area contributed by atoms with Gasteiger partial charge in [0.2, 0.25) is 6.79 Å². The number of ether oxygens (including phenoxy) is 2. The van der Waals surface area contributed by atoms with Crippen LogP contribution >= 0.6 is 0 Å². The average molecular weight is 310 g/mol. The van der Waals surface area contributed by atoms with Gasteiger partial charge in [0.05, 0.1) is 0 Å². The highest BCUT2D eigenvalue weighted by molar-refractivity contribution is 6.10. The minimum Gasteiger partial charge on any atom is -0.457 e. The van der Waals surface area contributed by atoms with Crippen LogP contribution in [0, 0.1) is 13.8 Å². The third-order valence-electron chi connectivity index (χ3n) is 3.43. The zero-order valence-electron chi connectivity index (χ0n) is 13.2. The number of hydrogen-bond acceptors (Lipinski definition) is 4. The zero-order valence-corrected chi connectivity index (χ0v) is 13.2. The van der Waals surface area contributed by atoms with Crippen molar-refractivity contribution in [3.05, 3.63) is 77.4 Å². The molecule has 0 aromatic heterocycles. The van der Waals surface area contributed by atoms with Gasteiger partial charge in [0, 0.05) is 17.2 Å². The Labute approximate surface area is 135 Å². The van der Waals surface area contributed by atoms with E-state index in [0.717, 1.165) is 17.2 Å². The zero-order chi connectivity index (χ0) is 16.8. The molecule has 4 heteroatoms. The summed E-state index contributed by atoms with van der Waals surface area (Å²) in [5.74, 6) is -0.0426. The topological polar surface area (TPSA) is 52.6 Å². The lowest BCUT2D eigenvalue weighted by Gasteiger charge is -2.10. The average Bonchev–Trinajstić information content (AvgIpc) is 2.54. The van der Waals surface area contributed by atoms with Crippen molar-refractivity contribution >= 4 is 11.8 Å². The van der Waals surface area contributed by atoms with Gasteiger partial charge in [-0.1, -0.05) is 30.8 Å². The molecule has 0 bridgehead atoms. The van der Waals surface area contributed by atoms with E-state index in [0.29, 0.717) is 16.9 Å². The van der Waals surface area contributed by atoms with E-state index in [1.807, 2.05) is 38.1 Å². The molecular formula is C19H18O4. The van der Waals surface area contributed by atoms with Crippen LogP contribution in [0.3, 0.4) is 0 Å². The molecule has 0 heterocycles. The number of benzene rings is 2. The van der Waals surface area contributed by atoms with Gasteiger partial charge in [-0.25, -0.2) is 4.79 Å². The predicted molar refractivity (Wildman–Crippen MR) is 87.6 cm³/mol. The van der Waals surface area contributed by atoms with E-state index >= 15 is 0 Å². The summed E-state index contributed by atoms with van der Waals surface area (Å²) in [5, 5.41) is 0. The number of rotatable bonds is 6. The molecule has 2 aromatic rings. The van der Waals surface area contributed by atoms with Crippen molar-refractivity contribution < 1.29 is 19.1 Å². The molecule has 2 aromatic carbocycles. The first-order valence-corrected chi connectivity index (χ1v) is 7.16. The first-order chi connectivity index (χ1) is 11.0.